The zero-order chi connectivity index (χ0) is 7.54. The summed E-state index contributed by atoms with van der Waals surface area (Å²) in [5, 5.41) is 0. The van der Waals surface area contributed by atoms with Crippen molar-refractivity contribution in [2.24, 2.45) is 0 Å². The first kappa shape index (κ1) is 10.9. The summed E-state index contributed by atoms with van der Waals surface area (Å²) in [6.45, 7) is 10.7. The van der Waals surface area contributed by atoms with Gasteiger partial charge in [-0.15, -0.1) is 5.73 Å². The van der Waals surface area contributed by atoms with E-state index in [0.29, 0.717) is 0 Å². The van der Waals surface area contributed by atoms with Crippen LogP contribution in [0.3, 0.4) is 0 Å². The monoisotopic (exact) mass is 122 g/mol. The van der Waals surface area contributed by atoms with Gasteiger partial charge in [-0.25, -0.2) is 0 Å². The number of allylic oxidation sites excluding steroid dienone is 4. The van der Waals surface area contributed by atoms with Gasteiger partial charge in [-0.05, 0) is 19.9 Å². The van der Waals surface area contributed by atoms with Crippen LogP contribution in [0.5, 0.6) is 0 Å². The minimum atomic E-state index is 1.63. The molecule has 0 N–H and O–H groups in total. The Morgan fingerprint density at radius 2 is 1.67 bits per heavy atom. The summed E-state index contributed by atoms with van der Waals surface area (Å²) in [6, 6.07) is 0. The lowest BCUT2D eigenvalue weighted by atomic mass is 10.6. The standard InChI is InChI=1S/C5H6.C4H8/c1-3-5-4-2;1-3-4-2/h3,5H,1-2H2;3-4H,1-2H3/b;4-3-. The van der Waals surface area contributed by atoms with Crippen molar-refractivity contribution in [1.82, 2.24) is 0 Å². The molecule has 50 valence electrons. The Kier molecular flexibility index (Phi) is 19.1. The molecule has 0 saturated carbocycles. The van der Waals surface area contributed by atoms with Gasteiger partial charge in [0.15, 0.2) is 0 Å². The average Bonchev–Trinajstić information content (AvgIpc) is 1.91. The van der Waals surface area contributed by atoms with Crippen molar-refractivity contribution in [2.75, 3.05) is 0 Å². The molecule has 0 fully saturated rings. The van der Waals surface area contributed by atoms with Gasteiger partial charge in [-0.3, -0.25) is 0 Å². The molecule has 0 amide bonds. The Bertz CT molecular complexity index is 108. The van der Waals surface area contributed by atoms with Crippen LogP contribution < -0.4 is 0 Å². The predicted molar refractivity (Wildman–Crippen MR) is 44.4 cm³/mol. The van der Waals surface area contributed by atoms with Crippen molar-refractivity contribution < 1.29 is 0 Å². The summed E-state index contributed by atoms with van der Waals surface area (Å²) in [5.74, 6) is 0. The number of rotatable bonds is 1. The van der Waals surface area contributed by atoms with Crippen LogP contribution in [0.15, 0.2) is 43.2 Å². The van der Waals surface area contributed by atoms with E-state index in [4.69, 9.17) is 0 Å². The Labute approximate surface area is 57.9 Å². The van der Waals surface area contributed by atoms with E-state index >= 15 is 0 Å². The smallest absolute Gasteiger partial charge is 0.0212 e. The van der Waals surface area contributed by atoms with E-state index in [1.807, 2.05) is 26.0 Å². The van der Waals surface area contributed by atoms with Gasteiger partial charge >= 0.3 is 0 Å². The summed E-state index contributed by atoms with van der Waals surface area (Å²) in [5.41, 5.74) is 2.52. The normalized spacial score (nSPS) is 6.89. The van der Waals surface area contributed by atoms with Crippen molar-refractivity contribution in [3.8, 4) is 0 Å². The zero-order valence-corrected chi connectivity index (χ0v) is 6.22. The average molecular weight is 122 g/mol. The fourth-order valence-electron chi connectivity index (χ4n) is 0.0833. The van der Waals surface area contributed by atoms with Crippen LogP contribution in [0.2, 0.25) is 0 Å². The molecule has 9 heavy (non-hydrogen) atoms. The van der Waals surface area contributed by atoms with Gasteiger partial charge in [0.05, 0.1) is 0 Å². The topological polar surface area (TPSA) is 0 Å². The molecule has 0 atom stereocenters. The van der Waals surface area contributed by atoms with Gasteiger partial charge < -0.3 is 0 Å². The van der Waals surface area contributed by atoms with Gasteiger partial charge in [0.1, 0.15) is 0 Å². The van der Waals surface area contributed by atoms with Gasteiger partial charge in [0, 0.05) is 0 Å². The molecule has 0 unspecified atom stereocenters. The lowest BCUT2D eigenvalue weighted by Gasteiger charge is -1.49. The summed E-state index contributed by atoms with van der Waals surface area (Å²) < 4.78 is 0. The summed E-state index contributed by atoms with van der Waals surface area (Å²) in [7, 11) is 0. The van der Waals surface area contributed by atoms with Gasteiger partial charge in [-0.1, -0.05) is 31.4 Å². The maximum atomic E-state index is 3.39. The third-order valence-electron chi connectivity index (χ3n) is 0.569. The second-order valence-electron chi connectivity index (χ2n) is 1.27. The third-order valence-corrected chi connectivity index (χ3v) is 0.569. The van der Waals surface area contributed by atoms with Crippen molar-refractivity contribution in [3.05, 3.63) is 43.2 Å². The summed E-state index contributed by atoms with van der Waals surface area (Å²) in [4.78, 5) is 0. The van der Waals surface area contributed by atoms with E-state index < -0.39 is 0 Å². The molecule has 0 heteroatoms. The molecule has 0 nitrogen and oxygen atoms in total. The molecular formula is C9H14. The van der Waals surface area contributed by atoms with E-state index in [-0.39, 0.29) is 0 Å². The molecule has 0 aliphatic rings. The van der Waals surface area contributed by atoms with Gasteiger partial charge in [0.25, 0.3) is 0 Å². The van der Waals surface area contributed by atoms with E-state index in [1.165, 1.54) is 0 Å². The molecule has 0 aliphatic heterocycles. The van der Waals surface area contributed by atoms with Gasteiger partial charge in [0.2, 0.25) is 0 Å². The van der Waals surface area contributed by atoms with Crippen LogP contribution in [0, 0.1) is 0 Å². The lowest BCUT2D eigenvalue weighted by molar-refractivity contribution is 1.64. The molecule has 0 radical (unpaired) electrons. The Hall–Kier alpha value is -1.00. The second-order valence-corrected chi connectivity index (χ2v) is 1.27. The number of hydrogen-bond acceptors (Lipinski definition) is 0. The minimum Gasteiger partial charge on any atom is -0.129 e. The van der Waals surface area contributed by atoms with Crippen LogP contribution in [-0.4, -0.2) is 0 Å². The fraction of sp³-hybridized carbons (Fsp3) is 0.222. The molecule has 0 aromatic rings. The highest BCUT2D eigenvalue weighted by atomic mass is 13.4. The minimum absolute atomic E-state index is 1.63. The highest BCUT2D eigenvalue weighted by molar-refractivity contribution is 4.93. The number of hydrogen-bond donors (Lipinski definition) is 0. The van der Waals surface area contributed by atoms with Crippen molar-refractivity contribution >= 4 is 0 Å². The van der Waals surface area contributed by atoms with Crippen LogP contribution in [-0.2, 0) is 0 Å². The molecule has 0 spiro atoms. The van der Waals surface area contributed by atoms with Crippen LogP contribution in [0.25, 0.3) is 0 Å². The molecule has 0 saturated heterocycles. The maximum absolute atomic E-state index is 3.39. The maximum Gasteiger partial charge on any atom is -0.0212 e. The van der Waals surface area contributed by atoms with Crippen molar-refractivity contribution in [2.45, 2.75) is 13.8 Å². The lowest BCUT2D eigenvalue weighted by Crippen LogP contribution is -1.26. The molecule has 0 rings (SSSR count). The molecule has 0 heterocycles. The largest absolute Gasteiger partial charge is 0.129 e. The molecule has 0 bridgehead atoms. The zero-order valence-electron chi connectivity index (χ0n) is 6.22. The van der Waals surface area contributed by atoms with E-state index in [9.17, 15) is 0 Å². The van der Waals surface area contributed by atoms with E-state index in [1.54, 1.807) is 12.2 Å². The molecule has 0 aromatic heterocycles. The predicted octanol–water partition coefficient (Wildman–Crippen LogP) is 3.10. The Morgan fingerprint density at radius 1 is 1.22 bits per heavy atom. The molecule has 0 aliphatic carbocycles. The Balaban J connectivity index is 0. The van der Waals surface area contributed by atoms with Crippen molar-refractivity contribution in [1.29, 1.82) is 0 Å². The molecule has 0 aromatic carbocycles. The molecular weight excluding hydrogens is 108 g/mol. The fourth-order valence-corrected chi connectivity index (χ4v) is 0.0833. The first-order valence-electron chi connectivity index (χ1n) is 2.87. The van der Waals surface area contributed by atoms with Crippen molar-refractivity contribution in [3.63, 3.8) is 0 Å². The van der Waals surface area contributed by atoms with Gasteiger partial charge in [-0.2, -0.15) is 0 Å². The van der Waals surface area contributed by atoms with E-state index in [0.717, 1.165) is 0 Å². The quantitative estimate of drug-likeness (QED) is 0.285. The third kappa shape index (κ3) is 43.8. The second kappa shape index (κ2) is 15.8. The van der Waals surface area contributed by atoms with Crippen LogP contribution in [0.1, 0.15) is 13.8 Å². The summed E-state index contributed by atoms with van der Waals surface area (Å²) in [6.07, 6.45) is 7.28. The first-order chi connectivity index (χ1) is 4.33. The highest BCUT2D eigenvalue weighted by Gasteiger charge is 1.36. The highest BCUT2D eigenvalue weighted by Crippen LogP contribution is 1.57. The Morgan fingerprint density at radius 3 is 1.67 bits per heavy atom. The van der Waals surface area contributed by atoms with Crippen LogP contribution >= 0.6 is 0 Å². The van der Waals surface area contributed by atoms with E-state index in [2.05, 4.69) is 18.9 Å². The van der Waals surface area contributed by atoms with Crippen LogP contribution in [0.4, 0.5) is 0 Å². The summed E-state index contributed by atoms with van der Waals surface area (Å²) >= 11 is 0. The first-order valence-corrected chi connectivity index (χ1v) is 2.87. The SMILES string of the molecule is C/C=C\C.C=C=CC=C.